The SMILES string of the molecule is COc1cc([Si](c2cc(C)c(OC)c(OC)c2)(c2cc(C)c(OC)c(OC)c2)[C]2([Ti+3])C(C)=C(C)C(C)=C2C)cc(C)c1OC.[Cl-].[Cl-].[Cl-]. The molecule has 0 fully saturated rings. The van der Waals surface area contributed by atoms with E-state index in [1.165, 1.54) is 37.9 Å². The number of hydrogen-bond donors (Lipinski definition) is 0. The smallest absolute Gasteiger partial charge is 1.00 e. The van der Waals surface area contributed by atoms with Gasteiger partial charge >= 0.3 is 277 Å². The van der Waals surface area contributed by atoms with Gasteiger partial charge in [-0.25, -0.2) is 0 Å². The van der Waals surface area contributed by atoms with Crippen molar-refractivity contribution in [2.24, 2.45) is 0 Å². The van der Waals surface area contributed by atoms with Crippen molar-refractivity contribution in [1.29, 1.82) is 0 Å². The summed E-state index contributed by atoms with van der Waals surface area (Å²) in [6.45, 7) is 15.3. The predicted molar refractivity (Wildman–Crippen MR) is 177 cm³/mol. The number of benzene rings is 3. The van der Waals surface area contributed by atoms with Crippen LogP contribution in [-0.4, -0.2) is 50.7 Å². The second-order valence-electron chi connectivity index (χ2n) is 11.6. The van der Waals surface area contributed by atoms with Crippen LogP contribution >= 0.6 is 0 Å². The Morgan fingerprint density at radius 3 is 0.915 bits per heavy atom. The van der Waals surface area contributed by atoms with E-state index in [0.717, 1.165) is 33.9 Å². The van der Waals surface area contributed by atoms with E-state index in [0.29, 0.717) is 17.2 Å². The Kier molecular flexibility index (Phi) is 14.9. The van der Waals surface area contributed by atoms with Gasteiger partial charge in [-0.1, -0.05) is 0 Å². The summed E-state index contributed by atoms with van der Waals surface area (Å²) in [6.07, 6.45) is 0. The molecule has 0 bridgehead atoms. The van der Waals surface area contributed by atoms with Crippen molar-refractivity contribution in [3.05, 3.63) is 75.4 Å². The van der Waals surface area contributed by atoms with Crippen LogP contribution in [0.5, 0.6) is 34.5 Å². The molecule has 3 aromatic rings. The molecular formula is C36H45Cl3O6SiTi. The zero-order valence-electron chi connectivity index (χ0n) is 29.5. The Labute approximate surface area is 312 Å². The van der Waals surface area contributed by atoms with E-state index < -0.39 is 8.07 Å². The van der Waals surface area contributed by atoms with Crippen molar-refractivity contribution in [1.82, 2.24) is 0 Å². The average Bonchev–Trinajstić information content (AvgIpc) is 3.15. The van der Waals surface area contributed by atoms with Crippen molar-refractivity contribution in [2.75, 3.05) is 42.7 Å². The molecule has 0 heterocycles. The van der Waals surface area contributed by atoms with Crippen molar-refractivity contribution >= 4 is 23.6 Å². The topological polar surface area (TPSA) is 55.4 Å². The zero-order valence-corrected chi connectivity index (χ0v) is 34.4. The first-order chi connectivity index (χ1) is 20.8. The number of allylic oxidation sites excluding steroid dienone is 4. The van der Waals surface area contributed by atoms with E-state index in [2.05, 4.69) is 105 Å². The number of ether oxygens (including phenoxy) is 6. The van der Waals surface area contributed by atoms with Crippen LogP contribution in [0.4, 0.5) is 0 Å². The molecule has 254 valence electrons. The largest absolute Gasteiger partial charge is 1.00 e. The Balaban J connectivity index is 0.00000368. The molecule has 0 atom stereocenters. The summed E-state index contributed by atoms with van der Waals surface area (Å²) < 4.78 is 35.2. The van der Waals surface area contributed by atoms with Crippen molar-refractivity contribution in [3.63, 3.8) is 0 Å². The molecule has 0 aliphatic heterocycles. The van der Waals surface area contributed by atoms with E-state index in [9.17, 15) is 0 Å². The van der Waals surface area contributed by atoms with Crippen LogP contribution in [0.3, 0.4) is 0 Å². The van der Waals surface area contributed by atoms with Crippen LogP contribution < -0.4 is 81.2 Å². The number of rotatable bonds is 10. The van der Waals surface area contributed by atoms with Crippen LogP contribution in [0.25, 0.3) is 0 Å². The maximum Gasteiger partial charge on any atom is -1.00 e. The van der Waals surface area contributed by atoms with Crippen molar-refractivity contribution in [2.45, 2.75) is 51.8 Å². The predicted octanol–water partition coefficient (Wildman–Crippen LogP) is -2.92. The van der Waals surface area contributed by atoms with Gasteiger partial charge in [-0.05, 0) is 0 Å². The number of methoxy groups -OCH3 is 6. The van der Waals surface area contributed by atoms with Crippen molar-refractivity contribution < 1.29 is 86.1 Å². The molecule has 47 heavy (non-hydrogen) atoms. The van der Waals surface area contributed by atoms with Gasteiger partial charge < -0.3 is 37.2 Å². The second-order valence-corrected chi connectivity index (χ2v) is 17.5. The minimum Gasteiger partial charge on any atom is -1.00 e. The fourth-order valence-electron chi connectivity index (χ4n) is 7.23. The molecule has 0 radical (unpaired) electrons. The third kappa shape index (κ3) is 6.45. The summed E-state index contributed by atoms with van der Waals surface area (Å²) >= 11 is 2.42. The quantitative estimate of drug-likeness (QED) is 0.164. The van der Waals surface area contributed by atoms with E-state index >= 15 is 0 Å². The number of halogens is 3. The third-order valence-corrected chi connectivity index (χ3v) is 17.9. The minimum absolute atomic E-state index is 0. The molecule has 1 aliphatic rings. The second kappa shape index (κ2) is 16.4. The molecule has 0 saturated carbocycles. The van der Waals surface area contributed by atoms with Crippen LogP contribution in [0.1, 0.15) is 44.4 Å². The Morgan fingerprint density at radius 1 is 0.447 bits per heavy atom. The maximum atomic E-state index is 6.01. The number of aryl methyl sites for hydroxylation is 3. The van der Waals surface area contributed by atoms with Gasteiger partial charge in [-0.2, -0.15) is 0 Å². The molecule has 0 aromatic heterocycles. The van der Waals surface area contributed by atoms with Gasteiger partial charge in [0.1, 0.15) is 0 Å². The van der Waals surface area contributed by atoms with E-state index in [1.54, 1.807) is 42.7 Å². The molecule has 1 aliphatic carbocycles. The fourth-order valence-corrected chi connectivity index (χ4v) is 16.0. The van der Waals surface area contributed by atoms with Gasteiger partial charge in [0.05, 0.1) is 0 Å². The Morgan fingerprint density at radius 2 is 0.702 bits per heavy atom. The molecule has 4 rings (SSSR count). The summed E-state index contributed by atoms with van der Waals surface area (Å²) in [4.78, 5) is 0. The van der Waals surface area contributed by atoms with Gasteiger partial charge in [0.2, 0.25) is 0 Å². The fraction of sp³-hybridized carbons (Fsp3) is 0.389. The summed E-state index contributed by atoms with van der Waals surface area (Å²) in [5.41, 5.74) is 8.38. The van der Waals surface area contributed by atoms with Gasteiger partial charge in [-0.15, -0.1) is 0 Å². The normalized spacial score (nSPS) is 13.7. The summed E-state index contributed by atoms with van der Waals surface area (Å²) in [7, 11) is 6.98. The third-order valence-electron chi connectivity index (χ3n) is 9.67. The van der Waals surface area contributed by atoms with Crippen LogP contribution in [-0.2, 0) is 20.4 Å². The van der Waals surface area contributed by atoms with E-state index in [1.807, 2.05) is 0 Å². The zero-order chi connectivity index (χ0) is 32.7. The maximum absolute atomic E-state index is 6.01. The number of hydrogen-bond acceptors (Lipinski definition) is 6. The van der Waals surface area contributed by atoms with Crippen LogP contribution in [0.2, 0.25) is 3.34 Å². The van der Waals surface area contributed by atoms with Gasteiger partial charge in [0, 0.05) is 0 Å². The van der Waals surface area contributed by atoms with Gasteiger partial charge in [-0.3, -0.25) is 0 Å². The van der Waals surface area contributed by atoms with Crippen LogP contribution in [0, 0.1) is 20.8 Å². The summed E-state index contributed by atoms with van der Waals surface area (Å²) in [5.74, 6) is 4.30. The first kappa shape index (κ1) is 42.8. The molecule has 0 unspecified atom stereocenters. The van der Waals surface area contributed by atoms with E-state index in [-0.39, 0.29) is 40.6 Å². The summed E-state index contributed by atoms with van der Waals surface area (Å²) in [6, 6.07) is 13.4. The molecule has 0 spiro atoms. The summed E-state index contributed by atoms with van der Waals surface area (Å²) in [5, 5.41) is 3.57. The molecular weight excluding hydrogens is 711 g/mol. The first-order valence-corrected chi connectivity index (χ1v) is 17.4. The monoisotopic (exact) mass is 754 g/mol. The average molecular weight is 756 g/mol. The molecule has 11 heteroatoms. The first-order valence-electron chi connectivity index (χ1n) is 14.6. The molecule has 0 N–H and O–H groups in total. The van der Waals surface area contributed by atoms with Gasteiger partial charge in [0.15, 0.2) is 0 Å². The Hall–Kier alpha value is -2.26. The molecule has 6 nitrogen and oxygen atoms in total. The minimum atomic E-state index is -3.19. The van der Waals surface area contributed by atoms with Crippen molar-refractivity contribution in [3.8, 4) is 34.5 Å². The van der Waals surface area contributed by atoms with Gasteiger partial charge in [0.25, 0.3) is 0 Å². The van der Waals surface area contributed by atoms with Crippen LogP contribution in [0.15, 0.2) is 58.7 Å². The Bertz CT molecular complexity index is 1510. The molecule has 0 amide bonds. The molecule has 3 aromatic carbocycles. The van der Waals surface area contributed by atoms with E-state index in [4.69, 9.17) is 28.4 Å². The standard InChI is InChI=1S/C36H45O6Si.3ClH.Ti/c1-20-14-27(17-30(37-8)33(20)40-11)43(36-25(6)23(4)24(5)26(36)7,28-15-21(2)34(41-12)31(18-28)38-9)29-16-22(3)35(42-13)32(19-29)39-10;;;;/h14-19H,1-13H3;3*1H;/q;;;;+3/p-3. The molecule has 0 saturated heterocycles.